The van der Waals surface area contributed by atoms with Gasteiger partial charge in [-0.3, -0.25) is 0 Å². The quantitative estimate of drug-likeness (QED) is 0.918. The summed E-state index contributed by atoms with van der Waals surface area (Å²) in [5.41, 5.74) is -0.442. The molecule has 1 heterocycles. The minimum atomic E-state index is -4.39. The third-order valence-corrected chi connectivity index (χ3v) is 3.01. The van der Waals surface area contributed by atoms with Gasteiger partial charge in [0.15, 0.2) is 0 Å². The first-order valence-corrected chi connectivity index (χ1v) is 6.63. The van der Waals surface area contributed by atoms with E-state index >= 15 is 0 Å². The Hall–Kier alpha value is -1.89. The van der Waals surface area contributed by atoms with E-state index in [4.69, 9.17) is 4.52 Å². The van der Waals surface area contributed by atoms with Gasteiger partial charge in [0.1, 0.15) is 0 Å². The summed E-state index contributed by atoms with van der Waals surface area (Å²) in [5.74, 6) is 0.569. The van der Waals surface area contributed by atoms with Crippen molar-refractivity contribution < 1.29 is 17.7 Å². The van der Waals surface area contributed by atoms with Crippen molar-refractivity contribution in [2.75, 3.05) is 13.1 Å². The third kappa shape index (κ3) is 3.81. The van der Waals surface area contributed by atoms with E-state index < -0.39 is 11.7 Å². The molecule has 2 aromatic rings. The van der Waals surface area contributed by atoms with E-state index in [0.717, 1.165) is 18.7 Å². The molecular formula is C14H16F3N3O. The molecule has 21 heavy (non-hydrogen) atoms. The number of hydrogen-bond acceptors (Lipinski definition) is 4. The molecule has 0 fully saturated rings. The maximum absolute atomic E-state index is 12.7. The van der Waals surface area contributed by atoms with Crippen LogP contribution in [0, 0.1) is 0 Å². The molecule has 1 N–H and O–H groups in total. The SMILES string of the molecule is CCNCC(C)c1nc(-c2cccc(C(F)(F)F)c2)no1. The molecular weight excluding hydrogens is 283 g/mol. The monoisotopic (exact) mass is 299 g/mol. The fourth-order valence-electron chi connectivity index (χ4n) is 1.84. The van der Waals surface area contributed by atoms with E-state index in [2.05, 4.69) is 15.5 Å². The summed E-state index contributed by atoms with van der Waals surface area (Å²) in [6.45, 7) is 5.38. The number of likely N-dealkylation sites (N-methyl/N-ethyl adjacent to an activating group) is 1. The summed E-state index contributed by atoms with van der Waals surface area (Å²) in [6, 6.07) is 4.89. The molecule has 0 aliphatic heterocycles. The molecule has 7 heteroatoms. The molecule has 0 amide bonds. The van der Waals surface area contributed by atoms with Crippen LogP contribution in [0.3, 0.4) is 0 Å². The van der Waals surface area contributed by atoms with Crippen LogP contribution in [0.25, 0.3) is 11.4 Å². The maximum atomic E-state index is 12.7. The van der Waals surface area contributed by atoms with Crippen molar-refractivity contribution in [1.29, 1.82) is 0 Å². The van der Waals surface area contributed by atoms with Gasteiger partial charge in [0, 0.05) is 18.0 Å². The number of nitrogens with zero attached hydrogens (tertiary/aromatic N) is 2. The summed E-state index contributed by atoms with van der Waals surface area (Å²) in [4.78, 5) is 4.17. The molecule has 1 aromatic carbocycles. The van der Waals surface area contributed by atoms with Crippen LogP contribution in [-0.4, -0.2) is 23.2 Å². The lowest BCUT2D eigenvalue weighted by Gasteiger charge is -2.07. The van der Waals surface area contributed by atoms with Crippen LogP contribution in [-0.2, 0) is 6.18 Å². The van der Waals surface area contributed by atoms with Gasteiger partial charge in [-0.2, -0.15) is 18.2 Å². The largest absolute Gasteiger partial charge is 0.416 e. The number of aromatic nitrogens is 2. The van der Waals surface area contributed by atoms with Gasteiger partial charge in [-0.05, 0) is 18.7 Å². The molecule has 0 aliphatic carbocycles. The number of alkyl halides is 3. The molecule has 0 radical (unpaired) electrons. The highest BCUT2D eigenvalue weighted by molar-refractivity contribution is 5.55. The first kappa shape index (κ1) is 15.5. The minimum Gasteiger partial charge on any atom is -0.339 e. The van der Waals surface area contributed by atoms with Crippen LogP contribution in [0.4, 0.5) is 13.2 Å². The van der Waals surface area contributed by atoms with E-state index in [-0.39, 0.29) is 17.3 Å². The molecule has 0 bridgehead atoms. The summed E-state index contributed by atoms with van der Waals surface area (Å²) in [7, 11) is 0. The average Bonchev–Trinajstić information content (AvgIpc) is 2.94. The van der Waals surface area contributed by atoms with Crippen LogP contribution >= 0.6 is 0 Å². The zero-order valence-electron chi connectivity index (χ0n) is 11.7. The fraction of sp³-hybridized carbons (Fsp3) is 0.429. The van der Waals surface area contributed by atoms with Gasteiger partial charge < -0.3 is 9.84 Å². The average molecular weight is 299 g/mol. The lowest BCUT2D eigenvalue weighted by Crippen LogP contribution is -2.19. The van der Waals surface area contributed by atoms with E-state index in [0.29, 0.717) is 12.4 Å². The van der Waals surface area contributed by atoms with Crippen LogP contribution in [0.15, 0.2) is 28.8 Å². The maximum Gasteiger partial charge on any atom is 0.416 e. The first-order chi connectivity index (χ1) is 9.91. The second-order valence-corrected chi connectivity index (χ2v) is 4.74. The summed E-state index contributed by atoms with van der Waals surface area (Å²) >= 11 is 0. The number of benzene rings is 1. The van der Waals surface area contributed by atoms with Crippen molar-refractivity contribution in [3.63, 3.8) is 0 Å². The Morgan fingerprint density at radius 3 is 2.76 bits per heavy atom. The summed E-state index contributed by atoms with van der Waals surface area (Å²) in [6.07, 6.45) is -4.39. The lowest BCUT2D eigenvalue weighted by molar-refractivity contribution is -0.137. The van der Waals surface area contributed by atoms with Crippen LogP contribution in [0.2, 0.25) is 0 Å². The van der Waals surface area contributed by atoms with Gasteiger partial charge in [0.2, 0.25) is 11.7 Å². The van der Waals surface area contributed by atoms with Crippen LogP contribution < -0.4 is 5.32 Å². The Labute approximate surface area is 120 Å². The Kier molecular flexibility index (Phi) is 4.62. The second kappa shape index (κ2) is 6.26. The molecule has 1 atom stereocenters. The topological polar surface area (TPSA) is 51.0 Å². The van der Waals surface area contributed by atoms with Crippen LogP contribution in [0.1, 0.15) is 31.2 Å². The number of halogens is 3. The predicted octanol–water partition coefficient (Wildman–Crippen LogP) is 3.47. The van der Waals surface area contributed by atoms with Crippen molar-refractivity contribution >= 4 is 0 Å². The molecule has 0 spiro atoms. The molecule has 1 unspecified atom stereocenters. The van der Waals surface area contributed by atoms with E-state index in [1.807, 2.05) is 13.8 Å². The van der Waals surface area contributed by atoms with Crippen LogP contribution in [0.5, 0.6) is 0 Å². The zero-order chi connectivity index (χ0) is 15.5. The van der Waals surface area contributed by atoms with Gasteiger partial charge in [0.25, 0.3) is 0 Å². The minimum absolute atomic E-state index is 0.00278. The summed E-state index contributed by atoms with van der Waals surface area (Å²) in [5, 5.41) is 6.91. The molecule has 2 rings (SSSR count). The Balaban J connectivity index is 2.22. The van der Waals surface area contributed by atoms with Gasteiger partial charge in [-0.25, -0.2) is 0 Å². The highest BCUT2D eigenvalue weighted by atomic mass is 19.4. The van der Waals surface area contributed by atoms with E-state index in [9.17, 15) is 13.2 Å². The van der Waals surface area contributed by atoms with Gasteiger partial charge in [-0.1, -0.05) is 31.1 Å². The highest BCUT2D eigenvalue weighted by Crippen LogP contribution is 2.31. The third-order valence-electron chi connectivity index (χ3n) is 3.01. The standard InChI is InChI=1S/C14H16F3N3O/c1-3-18-8-9(2)13-19-12(20-21-13)10-5-4-6-11(7-10)14(15,16)17/h4-7,9,18H,3,8H2,1-2H3. The second-order valence-electron chi connectivity index (χ2n) is 4.74. The predicted molar refractivity (Wildman–Crippen MR) is 71.7 cm³/mol. The Morgan fingerprint density at radius 2 is 2.10 bits per heavy atom. The molecule has 1 aromatic heterocycles. The van der Waals surface area contributed by atoms with Crippen molar-refractivity contribution in [2.45, 2.75) is 25.9 Å². The van der Waals surface area contributed by atoms with E-state index in [1.165, 1.54) is 12.1 Å². The smallest absolute Gasteiger partial charge is 0.339 e. The van der Waals surface area contributed by atoms with Crippen molar-refractivity contribution in [3.05, 3.63) is 35.7 Å². The van der Waals surface area contributed by atoms with Crippen molar-refractivity contribution in [2.24, 2.45) is 0 Å². The normalized spacial score (nSPS) is 13.4. The molecule has 0 saturated carbocycles. The molecule has 114 valence electrons. The summed E-state index contributed by atoms with van der Waals surface area (Å²) < 4.78 is 43.2. The fourth-order valence-corrected chi connectivity index (χ4v) is 1.84. The van der Waals surface area contributed by atoms with Gasteiger partial charge >= 0.3 is 6.18 Å². The molecule has 4 nitrogen and oxygen atoms in total. The molecule has 0 saturated heterocycles. The zero-order valence-corrected chi connectivity index (χ0v) is 11.7. The number of rotatable bonds is 5. The lowest BCUT2D eigenvalue weighted by atomic mass is 10.1. The Morgan fingerprint density at radius 1 is 1.33 bits per heavy atom. The van der Waals surface area contributed by atoms with Crippen molar-refractivity contribution in [1.82, 2.24) is 15.5 Å². The molecule has 0 aliphatic rings. The number of nitrogens with one attached hydrogen (secondary N) is 1. The number of hydrogen-bond donors (Lipinski definition) is 1. The van der Waals surface area contributed by atoms with Gasteiger partial charge in [0.05, 0.1) is 5.56 Å². The van der Waals surface area contributed by atoms with Gasteiger partial charge in [-0.15, -0.1) is 0 Å². The highest BCUT2D eigenvalue weighted by Gasteiger charge is 2.30. The first-order valence-electron chi connectivity index (χ1n) is 6.63. The Bertz CT molecular complexity index is 595. The van der Waals surface area contributed by atoms with Crippen molar-refractivity contribution in [3.8, 4) is 11.4 Å². The van der Waals surface area contributed by atoms with E-state index in [1.54, 1.807) is 0 Å².